The topological polar surface area (TPSA) is 89.6 Å². The monoisotopic (exact) mass is 348 g/mol. The fraction of sp³-hybridized carbons (Fsp3) is 0.750. The summed E-state index contributed by atoms with van der Waals surface area (Å²) in [6.07, 6.45) is 0.526. The van der Waals surface area contributed by atoms with E-state index >= 15 is 0 Å². The van der Waals surface area contributed by atoms with Crippen molar-refractivity contribution in [2.24, 2.45) is 0 Å². The summed E-state index contributed by atoms with van der Waals surface area (Å²) in [4.78, 5) is 13.9. The summed E-state index contributed by atoms with van der Waals surface area (Å²) < 4.78 is 16.5. The van der Waals surface area contributed by atoms with Crippen LogP contribution in [0.4, 0.5) is 11.6 Å². The molecule has 2 saturated heterocycles. The molecule has 0 amide bonds. The zero-order valence-corrected chi connectivity index (χ0v) is 15.0. The summed E-state index contributed by atoms with van der Waals surface area (Å²) in [5, 5.41) is 7.74. The van der Waals surface area contributed by atoms with E-state index in [4.69, 9.17) is 24.1 Å². The summed E-state index contributed by atoms with van der Waals surface area (Å²) in [6.45, 7) is 11.3. The summed E-state index contributed by atoms with van der Waals surface area (Å²) in [7, 11) is 0. The van der Waals surface area contributed by atoms with E-state index in [2.05, 4.69) is 47.8 Å². The van der Waals surface area contributed by atoms with Gasteiger partial charge in [-0.15, -0.1) is 0 Å². The molecule has 4 atom stereocenters. The van der Waals surface area contributed by atoms with Crippen molar-refractivity contribution >= 4 is 22.9 Å². The molecule has 0 N–H and O–H groups in total. The Kier molecular flexibility index (Phi) is 4.20. The van der Waals surface area contributed by atoms with Crippen LogP contribution in [0, 0.1) is 0 Å². The number of fused-ring (bicyclic) bond motifs is 1. The highest BCUT2D eigenvalue weighted by Crippen LogP contribution is 2.31. The van der Waals surface area contributed by atoms with Crippen LogP contribution >= 0.6 is 0 Å². The Morgan fingerprint density at radius 3 is 1.40 bits per heavy atom. The summed E-state index contributed by atoms with van der Waals surface area (Å²) in [5.41, 5.74) is 0.861. The largest absolute Gasteiger partial charge is 0.372 e. The maximum absolute atomic E-state index is 5.86. The number of aromatic nitrogens is 4. The highest BCUT2D eigenvalue weighted by Gasteiger charge is 2.31. The lowest BCUT2D eigenvalue weighted by atomic mass is 10.2. The van der Waals surface area contributed by atoms with Gasteiger partial charge in [0.2, 0.25) is 11.3 Å². The standard InChI is InChI=1S/C16H24N6O3/c1-9-5-21(6-10(2)23-9)15-16(18-14-13(17-15)19-25-20-14)22-7-11(3)24-12(4)8-22/h9-12H,5-8H2,1-4H3/t9-,10-,11-,12+/m0/s1. The van der Waals surface area contributed by atoms with E-state index in [0.717, 1.165) is 37.8 Å². The van der Waals surface area contributed by atoms with Crippen LogP contribution in [0.25, 0.3) is 11.3 Å². The van der Waals surface area contributed by atoms with Gasteiger partial charge in [0.1, 0.15) is 0 Å². The zero-order chi connectivity index (χ0) is 17.6. The van der Waals surface area contributed by atoms with Crippen molar-refractivity contribution in [1.29, 1.82) is 0 Å². The molecule has 2 fully saturated rings. The van der Waals surface area contributed by atoms with Crippen molar-refractivity contribution in [3.63, 3.8) is 0 Å². The molecule has 2 aromatic heterocycles. The van der Waals surface area contributed by atoms with Gasteiger partial charge >= 0.3 is 0 Å². The molecule has 4 heterocycles. The van der Waals surface area contributed by atoms with Gasteiger partial charge in [0.05, 0.1) is 24.4 Å². The third kappa shape index (κ3) is 3.25. The lowest BCUT2D eigenvalue weighted by molar-refractivity contribution is -0.00721. The van der Waals surface area contributed by atoms with Crippen molar-refractivity contribution in [1.82, 2.24) is 20.3 Å². The van der Waals surface area contributed by atoms with Crippen molar-refractivity contribution < 1.29 is 14.1 Å². The normalized spacial score (nSPS) is 30.9. The summed E-state index contributed by atoms with van der Waals surface area (Å²) >= 11 is 0. The maximum Gasteiger partial charge on any atom is 0.245 e. The molecular formula is C16H24N6O3. The Balaban J connectivity index is 1.76. The average Bonchev–Trinajstić information content (AvgIpc) is 2.99. The smallest absolute Gasteiger partial charge is 0.245 e. The van der Waals surface area contributed by atoms with E-state index in [1.54, 1.807) is 0 Å². The minimum Gasteiger partial charge on any atom is -0.372 e. The molecule has 2 aliphatic heterocycles. The van der Waals surface area contributed by atoms with Crippen molar-refractivity contribution in [3.8, 4) is 0 Å². The Morgan fingerprint density at radius 2 is 1.04 bits per heavy atom. The third-order valence-corrected chi connectivity index (χ3v) is 4.52. The number of nitrogens with zero attached hydrogens (tertiary/aromatic N) is 6. The molecule has 2 aliphatic rings. The Labute approximate surface area is 146 Å². The predicted molar refractivity (Wildman–Crippen MR) is 91.8 cm³/mol. The number of hydrogen-bond acceptors (Lipinski definition) is 9. The van der Waals surface area contributed by atoms with Gasteiger partial charge in [0.25, 0.3) is 0 Å². The molecule has 9 heteroatoms. The van der Waals surface area contributed by atoms with Crippen LogP contribution in [0.3, 0.4) is 0 Å². The second-order valence-corrected chi connectivity index (χ2v) is 7.11. The molecule has 9 nitrogen and oxygen atoms in total. The van der Waals surface area contributed by atoms with Gasteiger partial charge in [-0.3, -0.25) is 0 Å². The van der Waals surface area contributed by atoms with Crippen LogP contribution in [-0.2, 0) is 9.47 Å². The van der Waals surface area contributed by atoms with E-state index in [9.17, 15) is 0 Å². The van der Waals surface area contributed by atoms with E-state index in [0.29, 0.717) is 11.3 Å². The highest BCUT2D eigenvalue weighted by molar-refractivity contribution is 5.75. The molecule has 25 heavy (non-hydrogen) atoms. The van der Waals surface area contributed by atoms with Crippen LogP contribution in [-0.4, -0.2) is 70.9 Å². The second-order valence-electron chi connectivity index (χ2n) is 7.11. The Morgan fingerprint density at radius 1 is 0.680 bits per heavy atom. The first kappa shape index (κ1) is 16.5. The minimum atomic E-state index is 0.132. The number of hydrogen-bond donors (Lipinski definition) is 0. The number of morpholine rings is 2. The van der Waals surface area contributed by atoms with E-state index < -0.39 is 0 Å². The van der Waals surface area contributed by atoms with Gasteiger partial charge in [-0.05, 0) is 38.0 Å². The van der Waals surface area contributed by atoms with Gasteiger partial charge in [-0.1, -0.05) is 0 Å². The fourth-order valence-corrected chi connectivity index (χ4v) is 3.75. The first-order valence-corrected chi connectivity index (χ1v) is 8.80. The fourth-order valence-electron chi connectivity index (χ4n) is 3.75. The molecule has 0 spiro atoms. The van der Waals surface area contributed by atoms with Crippen molar-refractivity contribution in [2.75, 3.05) is 36.0 Å². The van der Waals surface area contributed by atoms with Crippen LogP contribution in [0.5, 0.6) is 0 Å². The van der Waals surface area contributed by atoms with Gasteiger partial charge in [-0.25, -0.2) is 14.6 Å². The van der Waals surface area contributed by atoms with Gasteiger partial charge in [-0.2, -0.15) is 0 Å². The van der Waals surface area contributed by atoms with E-state index in [-0.39, 0.29) is 24.4 Å². The molecule has 0 bridgehead atoms. The minimum absolute atomic E-state index is 0.132. The number of ether oxygens (including phenoxy) is 2. The molecule has 0 aromatic carbocycles. The predicted octanol–water partition coefficient (Wildman–Crippen LogP) is 1.24. The van der Waals surface area contributed by atoms with Crippen molar-refractivity contribution in [2.45, 2.75) is 52.1 Å². The molecule has 0 radical (unpaired) electrons. The molecule has 0 aliphatic carbocycles. The van der Waals surface area contributed by atoms with Crippen LogP contribution in [0.2, 0.25) is 0 Å². The van der Waals surface area contributed by atoms with E-state index in [1.807, 2.05) is 0 Å². The number of anilines is 2. The molecule has 4 rings (SSSR count). The maximum atomic E-state index is 5.86. The third-order valence-electron chi connectivity index (χ3n) is 4.52. The van der Waals surface area contributed by atoms with Crippen LogP contribution < -0.4 is 9.80 Å². The zero-order valence-electron chi connectivity index (χ0n) is 15.0. The first-order valence-electron chi connectivity index (χ1n) is 8.80. The SMILES string of the molecule is C[C@@H]1CN(c2nc3nonc3nc2N2C[C@H](C)O[C@@H](C)C2)C[C@H](C)O1. The van der Waals surface area contributed by atoms with Gasteiger partial charge in [0, 0.05) is 26.2 Å². The Bertz CT molecular complexity index is 673. The summed E-state index contributed by atoms with van der Waals surface area (Å²) in [6, 6.07) is 0. The van der Waals surface area contributed by atoms with Crippen LogP contribution in [0.1, 0.15) is 27.7 Å². The summed E-state index contributed by atoms with van der Waals surface area (Å²) in [5.74, 6) is 1.62. The first-order chi connectivity index (χ1) is 12.0. The molecular weight excluding hydrogens is 324 g/mol. The van der Waals surface area contributed by atoms with Gasteiger partial charge in [0.15, 0.2) is 11.6 Å². The second kappa shape index (κ2) is 6.38. The Hall–Kier alpha value is -2.00. The lowest BCUT2D eigenvalue weighted by Crippen LogP contribution is -2.49. The van der Waals surface area contributed by atoms with E-state index in [1.165, 1.54) is 0 Å². The highest BCUT2D eigenvalue weighted by atomic mass is 16.6. The molecule has 2 aromatic rings. The quantitative estimate of drug-likeness (QED) is 0.795. The average molecular weight is 348 g/mol. The molecule has 0 saturated carbocycles. The van der Waals surface area contributed by atoms with Crippen LogP contribution in [0.15, 0.2) is 4.63 Å². The lowest BCUT2D eigenvalue weighted by Gasteiger charge is -2.40. The molecule has 136 valence electrons. The van der Waals surface area contributed by atoms with Crippen molar-refractivity contribution in [3.05, 3.63) is 0 Å². The number of rotatable bonds is 2. The van der Waals surface area contributed by atoms with Gasteiger partial charge < -0.3 is 19.3 Å². The molecule has 0 unspecified atom stereocenters.